The minimum atomic E-state index is -0.115. The molecule has 1 N–H and O–H groups in total. The van der Waals surface area contributed by atoms with Gasteiger partial charge in [0.15, 0.2) is 0 Å². The van der Waals surface area contributed by atoms with Gasteiger partial charge in [-0.2, -0.15) is 0 Å². The molecule has 3 rings (SSSR count). The maximum Gasteiger partial charge on any atom is 0.270 e. The molecule has 1 aliphatic carbocycles. The molecule has 0 aromatic carbocycles. The van der Waals surface area contributed by atoms with Gasteiger partial charge in [-0.05, 0) is 38.8 Å². The number of amides is 1. The lowest BCUT2D eigenvalue weighted by Gasteiger charge is -2.05. The zero-order valence-electron chi connectivity index (χ0n) is 10.9. The van der Waals surface area contributed by atoms with Crippen LogP contribution in [0.5, 0.6) is 0 Å². The van der Waals surface area contributed by atoms with E-state index in [1.54, 1.807) is 6.07 Å². The number of rotatable bonds is 3. The van der Waals surface area contributed by atoms with Gasteiger partial charge in [0.05, 0.1) is 17.0 Å². The molecule has 0 radical (unpaired) electrons. The van der Waals surface area contributed by atoms with Crippen molar-refractivity contribution >= 4 is 5.91 Å². The number of pyridine rings is 1. The number of hydrogen-bond donors (Lipinski definition) is 1. The molecule has 2 heterocycles. The first-order valence-electron chi connectivity index (χ1n) is 6.36. The highest BCUT2D eigenvalue weighted by Gasteiger charge is 2.24. The molecular formula is C14H15N3O2. The van der Waals surface area contributed by atoms with E-state index in [-0.39, 0.29) is 5.91 Å². The van der Waals surface area contributed by atoms with Gasteiger partial charge >= 0.3 is 0 Å². The second-order valence-corrected chi connectivity index (χ2v) is 4.85. The summed E-state index contributed by atoms with van der Waals surface area (Å²) in [6.07, 6.45) is 2.13. The van der Waals surface area contributed by atoms with Crippen LogP contribution in [-0.4, -0.2) is 22.1 Å². The molecule has 19 heavy (non-hydrogen) atoms. The molecular weight excluding hydrogens is 242 g/mol. The number of carbonyl (C=O) groups is 1. The Balaban J connectivity index is 1.93. The van der Waals surface area contributed by atoms with Crippen LogP contribution < -0.4 is 5.32 Å². The van der Waals surface area contributed by atoms with Crippen LogP contribution in [0, 0.1) is 13.8 Å². The molecule has 98 valence electrons. The Kier molecular flexibility index (Phi) is 2.81. The van der Waals surface area contributed by atoms with Crippen molar-refractivity contribution in [1.82, 2.24) is 15.5 Å². The van der Waals surface area contributed by atoms with E-state index in [2.05, 4.69) is 15.5 Å². The minimum Gasteiger partial charge on any atom is -0.361 e. The number of aryl methyl sites for hydroxylation is 2. The molecule has 1 amide bonds. The molecule has 0 saturated heterocycles. The highest BCUT2D eigenvalue weighted by atomic mass is 16.5. The molecule has 0 aliphatic heterocycles. The van der Waals surface area contributed by atoms with E-state index in [1.165, 1.54) is 0 Å². The average molecular weight is 257 g/mol. The maximum atomic E-state index is 12.0. The van der Waals surface area contributed by atoms with E-state index >= 15 is 0 Å². The molecule has 0 atom stereocenters. The fourth-order valence-electron chi connectivity index (χ4n) is 2.04. The predicted octanol–water partition coefficient (Wildman–Crippen LogP) is 2.25. The smallest absolute Gasteiger partial charge is 0.270 e. The van der Waals surface area contributed by atoms with Gasteiger partial charge in [0.25, 0.3) is 5.91 Å². The third-order valence-corrected chi connectivity index (χ3v) is 3.18. The van der Waals surface area contributed by atoms with Gasteiger partial charge in [0.2, 0.25) is 0 Å². The molecule has 0 bridgehead atoms. The van der Waals surface area contributed by atoms with Crippen molar-refractivity contribution in [1.29, 1.82) is 0 Å². The summed E-state index contributed by atoms with van der Waals surface area (Å²) in [5.41, 5.74) is 2.80. The Morgan fingerprint density at radius 3 is 2.79 bits per heavy atom. The van der Waals surface area contributed by atoms with Crippen LogP contribution in [-0.2, 0) is 0 Å². The van der Waals surface area contributed by atoms with Gasteiger partial charge in [0, 0.05) is 6.04 Å². The molecule has 5 heteroatoms. The van der Waals surface area contributed by atoms with Crippen LogP contribution in [0.25, 0.3) is 11.3 Å². The first-order chi connectivity index (χ1) is 9.15. The highest BCUT2D eigenvalue weighted by molar-refractivity contribution is 5.93. The third kappa shape index (κ3) is 2.36. The molecule has 2 aromatic rings. The number of nitrogens with zero attached hydrogens (tertiary/aromatic N) is 2. The quantitative estimate of drug-likeness (QED) is 0.915. The van der Waals surface area contributed by atoms with Crippen LogP contribution in [0.15, 0.2) is 22.7 Å². The Labute approximate surface area is 111 Å². The van der Waals surface area contributed by atoms with Crippen molar-refractivity contribution in [2.75, 3.05) is 0 Å². The lowest BCUT2D eigenvalue weighted by molar-refractivity contribution is 0.0946. The van der Waals surface area contributed by atoms with Crippen molar-refractivity contribution in [2.24, 2.45) is 0 Å². The number of nitrogens with one attached hydrogen (secondary N) is 1. The lowest BCUT2D eigenvalue weighted by Crippen LogP contribution is -2.26. The zero-order valence-corrected chi connectivity index (χ0v) is 10.9. The second-order valence-electron chi connectivity index (χ2n) is 4.85. The Hall–Kier alpha value is -2.17. The molecule has 0 spiro atoms. The van der Waals surface area contributed by atoms with Gasteiger partial charge in [-0.1, -0.05) is 11.2 Å². The molecule has 5 nitrogen and oxygen atoms in total. The molecule has 1 fully saturated rings. The third-order valence-electron chi connectivity index (χ3n) is 3.18. The summed E-state index contributed by atoms with van der Waals surface area (Å²) in [5.74, 6) is 0.598. The standard InChI is InChI=1S/C14H15N3O2/c1-8-13(9(2)19-17-8)11-4-3-5-12(16-11)14(18)15-10-6-7-10/h3-5,10H,6-7H2,1-2H3,(H,15,18). The fraction of sp³-hybridized carbons (Fsp3) is 0.357. The normalized spacial score (nSPS) is 14.4. The van der Waals surface area contributed by atoms with E-state index in [0.717, 1.165) is 29.8 Å². The van der Waals surface area contributed by atoms with Crippen LogP contribution in [0.4, 0.5) is 0 Å². The summed E-state index contributed by atoms with van der Waals surface area (Å²) in [6.45, 7) is 3.71. The Morgan fingerprint density at radius 1 is 1.37 bits per heavy atom. The van der Waals surface area contributed by atoms with E-state index in [4.69, 9.17) is 4.52 Å². The predicted molar refractivity (Wildman–Crippen MR) is 69.7 cm³/mol. The summed E-state index contributed by atoms with van der Waals surface area (Å²) in [5, 5.41) is 6.84. The Bertz CT molecular complexity index is 610. The fourth-order valence-corrected chi connectivity index (χ4v) is 2.04. The Morgan fingerprint density at radius 2 is 2.16 bits per heavy atom. The summed E-state index contributed by atoms with van der Waals surface area (Å²) >= 11 is 0. The second kappa shape index (κ2) is 4.50. The first-order valence-corrected chi connectivity index (χ1v) is 6.36. The van der Waals surface area contributed by atoms with E-state index in [1.807, 2.05) is 26.0 Å². The van der Waals surface area contributed by atoms with E-state index < -0.39 is 0 Å². The van der Waals surface area contributed by atoms with E-state index in [0.29, 0.717) is 17.5 Å². The number of carbonyl (C=O) groups excluding carboxylic acids is 1. The van der Waals surface area contributed by atoms with Crippen molar-refractivity contribution in [2.45, 2.75) is 32.7 Å². The van der Waals surface area contributed by atoms with Gasteiger partial charge in [0.1, 0.15) is 11.5 Å². The van der Waals surface area contributed by atoms with Crippen LogP contribution in [0.2, 0.25) is 0 Å². The molecule has 1 aliphatic rings. The average Bonchev–Trinajstić information content (AvgIpc) is 3.15. The van der Waals surface area contributed by atoms with Gasteiger partial charge < -0.3 is 9.84 Å². The van der Waals surface area contributed by atoms with Gasteiger partial charge in [-0.25, -0.2) is 4.98 Å². The van der Waals surface area contributed by atoms with Gasteiger partial charge in [-0.15, -0.1) is 0 Å². The summed E-state index contributed by atoms with van der Waals surface area (Å²) in [7, 11) is 0. The van der Waals surface area contributed by atoms with Crippen molar-refractivity contribution in [3.05, 3.63) is 35.3 Å². The zero-order chi connectivity index (χ0) is 13.4. The molecule has 2 aromatic heterocycles. The summed E-state index contributed by atoms with van der Waals surface area (Å²) in [4.78, 5) is 16.4. The summed E-state index contributed by atoms with van der Waals surface area (Å²) in [6, 6.07) is 5.74. The van der Waals surface area contributed by atoms with Crippen LogP contribution >= 0.6 is 0 Å². The molecule has 1 saturated carbocycles. The molecule has 0 unspecified atom stereocenters. The maximum absolute atomic E-state index is 12.0. The van der Waals surface area contributed by atoms with Crippen molar-refractivity contribution in [3.63, 3.8) is 0 Å². The van der Waals surface area contributed by atoms with E-state index in [9.17, 15) is 4.79 Å². The number of aromatic nitrogens is 2. The van der Waals surface area contributed by atoms with Crippen LogP contribution in [0.3, 0.4) is 0 Å². The first kappa shape index (κ1) is 11.9. The highest BCUT2D eigenvalue weighted by Crippen LogP contribution is 2.25. The number of hydrogen-bond acceptors (Lipinski definition) is 4. The lowest BCUT2D eigenvalue weighted by atomic mass is 10.1. The largest absolute Gasteiger partial charge is 0.361 e. The van der Waals surface area contributed by atoms with Crippen LogP contribution in [0.1, 0.15) is 34.8 Å². The topological polar surface area (TPSA) is 68.0 Å². The van der Waals surface area contributed by atoms with Crippen molar-refractivity contribution in [3.8, 4) is 11.3 Å². The summed E-state index contributed by atoms with van der Waals surface area (Å²) < 4.78 is 5.13. The minimum absolute atomic E-state index is 0.115. The van der Waals surface area contributed by atoms with Crippen molar-refractivity contribution < 1.29 is 9.32 Å². The SMILES string of the molecule is Cc1noc(C)c1-c1cccc(C(=O)NC2CC2)n1. The van der Waals surface area contributed by atoms with Gasteiger partial charge in [-0.3, -0.25) is 4.79 Å². The monoisotopic (exact) mass is 257 g/mol.